The summed E-state index contributed by atoms with van der Waals surface area (Å²) in [4.78, 5) is 14.3. The second-order valence-electron chi connectivity index (χ2n) is 6.24. The number of nitrogens with zero attached hydrogens (tertiary/aromatic N) is 4. The Bertz CT molecular complexity index is 1340. The molecule has 136 valence electrons. The van der Waals surface area contributed by atoms with Crippen molar-refractivity contribution in [3.05, 3.63) is 81.8 Å². The van der Waals surface area contributed by atoms with Crippen molar-refractivity contribution < 1.29 is 0 Å². The molecule has 0 aliphatic heterocycles. The Morgan fingerprint density at radius 2 is 1.39 bits per heavy atom. The van der Waals surface area contributed by atoms with E-state index in [1.165, 1.54) is 0 Å². The van der Waals surface area contributed by atoms with Crippen molar-refractivity contribution >= 4 is 57.1 Å². The highest BCUT2D eigenvalue weighted by atomic mass is 35.5. The Morgan fingerprint density at radius 3 is 2.11 bits per heavy atom. The molecule has 2 aromatic heterocycles. The van der Waals surface area contributed by atoms with E-state index in [0.29, 0.717) is 32.2 Å². The molecule has 0 radical (unpaired) electrons. The van der Waals surface area contributed by atoms with E-state index in [-0.39, 0.29) is 0 Å². The minimum absolute atomic E-state index is 0.455. The fourth-order valence-electron chi connectivity index (χ4n) is 3.12. The van der Waals surface area contributed by atoms with Crippen molar-refractivity contribution in [3.63, 3.8) is 0 Å². The van der Waals surface area contributed by atoms with Gasteiger partial charge in [0.25, 0.3) is 0 Å². The first-order valence-corrected chi connectivity index (χ1v) is 9.60. The van der Waals surface area contributed by atoms with Gasteiger partial charge in [-0.25, -0.2) is 15.0 Å². The van der Waals surface area contributed by atoms with Crippen LogP contribution in [0.2, 0.25) is 15.1 Å². The fourth-order valence-corrected chi connectivity index (χ4v) is 3.54. The van der Waals surface area contributed by atoms with Crippen molar-refractivity contribution in [2.75, 3.05) is 0 Å². The number of fused-ring (bicyclic) bond motifs is 2. The number of hydrogen-bond acceptors (Lipinski definition) is 3. The first-order valence-electron chi connectivity index (χ1n) is 8.47. The molecule has 2 heterocycles. The van der Waals surface area contributed by atoms with Gasteiger partial charge in [-0.3, -0.25) is 4.57 Å². The monoisotopic (exact) mass is 424 g/mol. The Hall–Kier alpha value is -2.66. The predicted octanol–water partition coefficient (Wildman–Crippen LogP) is 6.60. The molecule has 5 aromatic rings. The lowest BCUT2D eigenvalue weighted by Crippen LogP contribution is -1.99. The van der Waals surface area contributed by atoms with Crippen LogP contribution in [0.15, 0.2) is 66.7 Å². The number of benzene rings is 3. The van der Waals surface area contributed by atoms with Crippen molar-refractivity contribution in [2.24, 2.45) is 0 Å². The largest absolute Gasteiger partial charge is 0.275 e. The molecule has 0 spiro atoms. The lowest BCUT2D eigenvalue weighted by atomic mass is 10.2. The van der Waals surface area contributed by atoms with E-state index in [0.717, 1.165) is 22.3 Å². The molecule has 5 rings (SSSR count). The molecule has 3 aromatic carbocycles. The topological polar surface area (TPSA) is 43.6 Å². The molecule has 0 fully saturated rings. The van der Waals surface area contributed by atoms with Crippen LogP contribution in [-0.2, 0) is 0 Å². The van der Waals surface area contributed by atoms with Gasteiger partial charge in [0.1, 0.15) is 5.82 Å². The summed E-state index contributed by atoms with van der Waals surface area (Å²) < 4.78 is 1.93. The van der Waals surface area contributed by atoms with Crippen LogP contribution in [0.25, 0.3) is 39.4 Å². The number of rotatable bonds is 2. The van der Waals surface area contributed by atoms with Crippen LogP contribution in [0.4, 0.5) is 0 Å². The number of hydrogen-bond donors (Lipinski definition) is 0. The summed E-state index contributed by atoms with van der Waals surface area (Å²) in [6.07, 6.45) is 0. The van der Waals surface area contributed by atoms with Crippen LogP contribution in [0.3, 0.4) is 0 Å². The van der Waals surface area contributed by atoms with E-state index in [1.807, 2.05) is 59.2 Å². The third-order valence-electron chi connectivity index (χ3n) is 4.43. The number of para-hydroxylation sites is 2. The van der Waals surface area contributed by atoms with Gasteiger partial charge in [0, 0.05) is 10.6 Å². The molecule has 7 heteroatoms. The van der Waals surface area contributed by atoms with Crippen LogP contribution in [0.5, 0.6) is 0 Å². The Morgan fingerprint density at radius 1 is 0.679 bits per heavy atom. The summed E-state index contributed by atoms with van der Waals surface area (Å²) in [5.74, 6) is 0.695. The molecule has 0 saturated carbocycles. The maximum Gasteiger partial charge on any atom is 0.199 e. The summed E-state index contributed by atoms with van der Waals surface area (Å²) in [5, 5.41) is 1.60. The molecule has 0 aliphatic carbocycles. The Kier molecular flexibility index (Phi) is 4.20. The Labute approximate surface area is 175 Å². The molecule has 0 amide bonds. The molecule has 0 bridgehead atoms. The zero-order valence-electron chi connectivity index (χ0n) is 14.3. The highest BCUT2D eigenvalue weighted by Gasteiger charge is 2.18. The van der Waals surface area contributed by atoms with Gasteiger partial charge in [0.15, 0.2) is 11.3 Å². The van der Waals surface area contributed by atoms with Crippen molar-refractivity contribution in [1.82, 2.24) is 19.5 Å². The molecule has 0 atom stereocenters. The zero-order valence-corrected chi connectivity index (χ0v) is 16.5. The smallest absolute Gasteiger partial charge is 0.199 e. The summed E-state index contributed by atoms with van der Waals surface area (Å²) >= 11 is 18.4. The predicted molar refractivity (Wildman–Crippen MR) is 115 cm³/mol. The second kappa shape index (κ2) is 6.74. The van der Waals surface area contributed by atoms with Gasteiger partial charge in [-0.1, -0.05) is 46.9 Å². The van der Waals surface area contributed by atoms with E-state index in [1.54, 1.807) is 12.1 Å². The van der Waals surface area contributed by atoms with E-state index >= 15 is 0 Å². The molecular weight excluding hydrogens is 415 g/mol. The van der Waals surface area contributed by atoms with Crippen molar-refractivity contribution in [2.45, 2.75) is 0 Å². The van der Waals surface area contributed by atoms with Gasteiger partial charge in [-0.05, 0) is 54.6 Å². The molecule has 0 saturated heterocycles. The van der Waals surface area contributed by atoms with Gasteiger partial charge < -0.3 is 0 Å². The van der Waals surface area contributed by atoms with E-state index in [2.05, 4.69) is 4.98 Å². The summed E-state index contributed by atoms with van der Waals surface area (Å²) in [7, 11) is 0. The normalized spacial score (nSPS) is 11.4. The van der Waals surface area contributed by atoms with Crippen molar-refractivity contribution in [1.29, 1.82) is 0 Å². The van der Waals surface area contributed by atoms with Crippen molar-refractivity contribution in [3.8, 4) is 17.1 Å². The first kappa shape index (κ1) is 17.4. The highest BCUT2D eigenvalue weighted by molar-refractivity contribution is 6.42. The lowest BCUT2D eigenvalue weighted by Gasteiger charge is -2.10. The fraction of sp³-hybridized carbons (Fsp3) is 0. The van der Waals surface area contributed by atoms with E-state index in [4.69, 9.17) is 44.8 Å². The molecular formula is C21H11Cl3N4. The quantitative estimate of drug-likeness (QED) is 0.320. The van der Waals surface area contributed by atoms with E-state index in [9.17, 15) is 0 Å². The Balaban J connectivity index is 1.87. The number of aromatic nitrogens is 4. The molecule has 0 unspecified atom stereocenters. The van der Waals surface area contributed by atoms with Crippen LogP contribution >= 0.6 is 34.8 Å². The summed E-state index contributed by atoms with van der Waals surface area (Å²) in [5.41, 5.74) is 4.46. The second-order valence-corrected chi connectivity index (χ2v) is 7.49. The van der Waals surface area contributed by atoms with Gasteiger partial charge in [0.2, 0.25) is 0 Å². The maximum atomic E-state index is 6.28. The number of halogens is 3. The minimum Gasteiger partial charge on any atom is -0.275 e. The summed E-state index contributed by atoms with van der Waals surface area (Å²) in [6.45, 7) is 0. The van der Waals surface area contributed by atoms with Gasteiger partial charge in [0.05, 0.1) is 26.8 Å². The van der Waals surface area contributed by atoms with Gasteiger partial charge in [-0.15, -0.1) is 0 Å². The minimum atomic E-state index is 0.455. The first-order chi connectivity index (χ1) is 13.6. The van der Waals surface area contributed by atoms with Crippen LogP contribution in [0, 0.1) is 0 Å². The average Bonchev–Trinajstić information content (AvgIpc) is 3.07. The maximum absolute atomic E-state index is 6.28. The lowest BCUT2D eigenvalue weighted by molar-refractivity contribution is 1.08. The zero-order chi connectivity index (χ0) is 19.3. The SMILES string of the molecule is Clc1ccc(-c2nc3nc4ccccc4nc3n2-c2ccc(Cl)c(Cl)c2)cc1. The average molecular weight is 426 g/mol. The third kappa shape index (κ3) is 2.90. The molecule has 4 nitrogen and oxygen atoms in total. The third-order valence-corrected chi connectivity index (χ3v) is 5.42. The highest BCUT2D eigenvalue weighted by Crippen LogP contribution is 2.31. The van der Waals surface area contributed by atoms with Gasteiger partial charge >= 0.3 is 0 Å². The summed E-state index contributed by atoms with van der Waals surface area (Å²) in [6, 6.07) is 20.6. The van der Waals surface area contributed by atoms with Gasteiger partial charge in [-0.2, -0.15) is 0 Å². The molecule has 0 aliphatic rings. The standard InChI is InChI=1S/C21H11Cl3N4/c22-13-7-5-12(6-8-13)20-27-19-21(26-18-4-2-1-3-17(18)25-19)28(20)14-9-10-15(23)16(24)11-14/h1-11H. The molecule has 0 N–H and O–H groups in total. The van der Waals surface area contributed by atoms with Crippen LogP contribution in [-0.4, -0.2) is 19.5 Å². The molecule has 28 heavy (non-hydrogen) atoms. The number of imidazole rings is 1. The van der Waals surface area contributed by atoms with E-state index < -0.39 is 0 Å². The van der Waals surface area contributed by atoms with Crippen LogP contribution < -0.4 is 0 Å². The van der Waals surface area contributed by atoms with Crippen LogP contribution in [0.1, 0.15) is 0 Å².